The van der Waals surface area contributed by atoms with Gasteiger partial charge in [0, 0.05) is 5.02 Å². The monoisotopic (exact) mass is 209 g/mol. The molecule has 0 radical (unpaired) electrons. The van der Waals surface area contributed by atoms with Gasteiger partial charge in [0.05, 0.1) is 0 Å². The first-order valence-corrected chi connectivity index (χ1v) is 5.57. The van der Waals surface area contributed by atoms with Crippen LogP contribution >= 0.6 is 11.6 Å². The lowest BCUT2D eigenvalue weighted by molar-refractivity contribution is 0.436. The van der Waals surface area contributed by atoms with Crippen molar-refractivity contribution in [3.63, 3.8) is 0 Å². The Bertz CT molecular complexity index is 335. The molecule has 2 N–H and O–H groups in total. The molecule has 2 unspecified atom stereocenters. The second-order valence-corrected chi connectivity index (χ2v) is 4.76. The fraction of sp³-hybridized carbons (Fsp3) is 0.500. The highest BCUT2D eigenvalue weighted by Crippen LogP contribution is 2.35. The fourth-order valence-corrected chi connectivity index (χ4v) is 2.64. The second-order valence-electron chi connectivity index (χ2n) is 4.32. The molecule has 1 nitrogen and oxygen atoms in total. The molecule has 1 aliphatic rings. The molecule has 0 saturated heterocycles. The van der Waals surface area contributed by atoms with Gasteiger partial charge in [-0.25, -0.2) is 0 Å². The number of benzene rings is 1. The molecular weight excluding hydrogens is 194 g/mol. The Morgan fingerprint density at radius 1 is 1.50 bits per heavy atom. The van der Waals surface area contributed by atoms with Gasteiger partial charge in [-0.2, -0.15) is 0 Å². The van der Waals surface area contributed by atoms with Crippen LogP contribution in [0.25, 0.3) is 0 Å². The summed E-state index contributed by atoms with van der Waals surface area (Å²) in [5, 5.41) is 0.841. The van der Waals surface area contributed by atoms with Crippen molar-refractivity contribution in [3.8, 4) is 0 Å². The van der Waals surface area contributed by atoms with E-state index in [4.69, 9.17) is 17.3 Å². The van der Waals surface area contributed by atoms with Crippen LogP contribution in [-0.2, 0) is 6.42 Å². The van der Waals surface area contributed by atoms with E-state index in [0.717, 1.165) is 23.9 Å². The lowest BCUT2D eigenvalue weighted by atomic mass is 9.78. The Hall–Kier alpha value is -0.530. The van der Waals surface area contributed by atoms with Crippen molar-refractivity contribution in [1.82, 2.24) is 0 Å². The van der Waals surface area contributed by atoms with E-state index in [9.17, 15) is 0 Å². The first-order chi connectivity index (χ1) is 6.70. The fourth-order valence-electron chi connectivity index (χ4n) is 2.44. The van der Waals surface area contributed by atoms with E-state index in [1.54, 1.807) is 0 Å². The summed E-state index contributed by atoms with van der Waals surface area (Å²) in [6.07, 6.45) is 2.36. The molecule has 0 saturated carbocycles. The van der Waals surface area contributed by atoms with Crippen LogP contribution in [0.1, 0.15) is 30.4 Å². The third-order valence-electron chi connectivity index (χ3n) is 3.08. The molecule has 0 spiro atoms. The van der Waals surface area contributed by atoms with E-state index in [1.807, 2.05) is 6.07 Å². The zero-order valence-corrected chi connectivity index (χ0v) is 9.22. The minimum absolute atomic E-state index is 0.533. The zero-order valence-electron chi connectivity index (χ0n) is 8.46. The quantitative estimate of drug-likeness (QED) is 0.756. The van der Waals surface area contributed by atoms with E-state index < -0.39 is 0 Å². The Morgan fingerprint density at radius 2 is 2.29 bits per heavy atom. The van der Waals surface area contributed by atoms with Crippen LogP contribution in [0.15, 0.2) is 18.2 Å². The van der Waals surface area contributed by atoms with Crippen LogP contribution in [0, 0.1) is 5.92 Å². The molecule has 1 aliphatic carbocycles. The predicted octanol–water partition coefficient (Wildman–Crippen LogP) is 2.96. The van der Waals surface area contributed by atoms with E-state index in [0.29, 0.717) is 5.92 Å². The van der Waals surface area contributed by atoms with Crippen molar-refractivity contribution in [2.45, 2.75) is 25.7 Å². The molecule has 0 bridgehead atoms. The lowest BCUT2D eigenvalue weighted by Crippen LogP contribution is -2.22. The summed E-state index contributed by atoms with van der Waals surface area (Å²) in [5.41, 5.74) is 8.59. The molecule has 2 heteroatoms. The summed E-state index contributed by atoms with van der Waals surface area (Å²) in [6, 6.07) is 6.20. The molecule has 76 valence electrons. The molecule has 0 fully saturated rings. The predicted molar refractivity (Wildman–Crippen MR) is 60.7 cm³/mol. The number of halogens is 1. The molecule has 0 amide bonds. The smallest absolute Gasteiger partial charge is 0.0408 e. The Labute approximate surface area is 90.3 Å². The van der Waals surface area contributed by atoms with Crippen LogP contribution in [0.5, 0.6) is 0 Å². The normalized spacial score (nSPS) is 25.9. The average Bonchev–Trinajstić information content (AvgIpc) is 2.15. The summed E-state index contributed by atoms with van der Waals surface area (Å²) >= 11 is 5.98. The summed E-state index contributed by atoms with van der Waals surface area (Å²) in [7, 11) is 0. The van der Waals surface area contributed by atoms with Gasteiger partial charge in [0.25, 0.3) is 0 Å². The number of fused-ring (bicyclic) bond motifs is 1. The summed E-state index contributed by atoms with van der Waals surface area (Å²) in [5.74, 6) is 1.26. The van der Waals surface area contributed by atoms with Crippen molar-refractivity contribution >= 4 is 11.6 Å². The minimum Gasteiger partial charge on any atom is -0.330 e. The highest BCUT2D eigenvalue weighted by atomic mass is 35.5. The van der Waals surface area contributed by atoms with Gasteiger partial charge in [0.2, 0.25) is 0 Å². The molecule has 0 aromatic heterocycles. The highest BCUT2D eigenvalue weighted by Gasteiger charge is 2.23. The molecule has 0 heterocycles. The van der Waals surface area contributed by atoms with Gasteiger partial charge in [-0.1, -0.05) is 24.6 Å². The van der Waals surface area contributed by atoms with Crippen LogP contribution in [-0.4, -0.2) is 6.54 Å². The van der Waals surface area contributed by atoms with Gasteiger partial charge in [0.1, 0.15) is 0 Å². The van der Waals surface area contributed by atoms with E-state index >= 15 is 0 Å². The van der Waals surface area contributed by atoms with Crippen molar-refractivity contribution in [2.75, 3.05) is 6.54 Å². The molecular formula is C12H16ClN. The van der Waals surface area contributed by atoms with Gasteiger partial charge in [-0.15, -0.1) is 0 Å². The zero-order chi connectivity index (χ0) is 10.1. The highest BCUT2D eigenvalue weighted by molar-refractivity contribution is 6.30. The van der Waals surface area contributed by atoms with E-state index in [-0.39, 0.29) is 0 Å². The van der Waals surface area contributed by atoms with E-state index in [1.165, 1.54) is 17.5 Å². The first kappa shape index (κ1) is 10.0. The SMILES string of the molecule is CC1Cc2cc(Cl)ccc2C(CN)C1. The van der Waals surface area contributed by atoms with Gasteiger partial charge in [-0.3, -0.25) is 0 Å². The van der Waals surface area contributed by atoms with Crippen LogP contribution in [0.3, 0.4) is 0 Å². The third-order valence-corrected chi connectivity index (χ3v) is 3.32. The standard InChI is InChI=1S/C12H16ClN/c1-8-4-9-6-11(13)2-3-12(9)10(5-8)7-14/h2-3,6,8,10H,4-5,7,14H2,1H3. The van der Waals surface area contributed by atoms with Crippen LogP contribution in [0.4, 0.5) is 0 Å². The second kappa shape index (κ2) is 3.92. The molecule has 14 heavy (non-hydrogen) atoms. The van der Waals surface area contributed by atoms with Crippen molar-refractivity contribution < 1.29 is 0 Å². The van der Waals surface area contributed by atoms with Crippen molar-refractivity contribution in [2.24, 2.45) is 11.7 Å². The maximum absolute atomic E-state index is 5.98. The van der Waals surface area contributed by atoms with Gasteiger partial charge in [-0.05, 0) is 54.5 Å². The Morgan fingerprint density at radius 3 is 3.00 bits per heavy atom. The van der Waals surface area contributed by atoms with Gasteiger partial charge >= 0.3 is 0 Å². The molecule has 1 aromatic carbocycles. The van der Waals surface area contributed by atoms with Gasteiger partial charge in [0.15, 0.2) is 0 Å². The largest absolute Gasteiger partial charge is 0.330 e. The van der Waals surface area contributed by atoms with Crippen LogP contribution < -0.4 is 5.73 Å². The molecule has 2 rings (SSSR count). The summed E-state index contributed by atoms with van der Waals surface area (Å²) in [6.45, 7) is 3.03. The maximum atomic E-state index is 5.98. The molecule has 0 aliphatic heterocycles. The van der Waals surface area contributed by atoms with Crippen molar-refractivity contribution in [1.29, 1.82) is 0 Å². The number of rotatable bonds is 1. The number of hydrogen-bond acceptors (Lipinski definition) is 1. The number of hydrogen-bond donors (Lipinski definition) is 1. The molecule has 2 atom stereocenters. The molecule has 1 aromatic rings. The third kappa shape index (κ3) is 1.79. The first-order valence-electron chi connectivity index (χ1n) is 5.19. The van der Waals surface area contributed by atoms with Gasteiger partial charge < -0.3 is 5.73 Å². The van der Waals surface area contributed by atoms with E-state index in [2.05, 4.69) is 19.1 Å². The topological polar surface area (TPSA) is 26.0 Å². The minimum atomic E-state index is 0.533. The van der Waals surface area contributed by atoms with Crippen molar-refractivity contribution in [3.05, 3.63) is 34.3 Å². The van der Waals surface area contributed by atoms with Crippen LogP contribution in [0.2, 0.25) is 5.02 Å². The average molecular weight is 210 g/mol. The Kier molecular flexibility index (Phi) is 2.80. The maximum Gasteiger partial charge on any atom is 0.0408 e. The number of nitrogens with two attached hydrogens (primary N) is 1. The Balaban J connectivity index is 2.40. The lowest BCUT2D eigenvalue weighted by Gasteiger charge is -2.29. The summed E-state index contributed by atoms with van der Waals surface area (Å²) in [4.78, 5) is 0. The summed E-state index contributed by atoms with van der Waals surface area (Å²) < 4.78 is 0.